The van der Waals surface area contributed by atoms with Gasteiger partial charge >= 0.3 is 0 Å². The summed E-state index contributed by atoms with van der Waals surface area (Å²) < 4.78 is 34.4. The molecule has 606 valence electrons. The van der Waals surface area contributed by atoms with Gasteiger partial charge in [-0.3, -0.25) is 4.79 Å². The van der Waals surface area contributed by atoms with Gasteiger partial charge in [0.05, 0.1) is 38.6 Å². The van der Waals surface area contributed by atoms with E-state index in [1.54, 1.807) is 6.08 Å². The van der Waals surface area contributed by atoms with E-state index in [4.69, 9.17) is 28.4 Å². The molecule has 0 aliphatic carbocycles. The first-order chi connectivity index (χ1) is 51.8. The number of ether oxygens (including phenoxy) is 6. The molecule has 0 bridgehead atoms. The van der Waals surface area contributed by atoms with Crippen LogP contribution in [0.5, 0.6) is 0 Å². The van der Waals surface area contributed by atoms with Crippen LogP contribution in [0.4, 0.5) is 0 Å². The molecule has 17 atom stereocenters. The van der Waals surface area contributed by atoms with Crippen molar-refractivity contribution in [3.05, 3.63) is 146 Å². The fourth-order valence-electron chi connectivity index (χ4n) is 12.8. The number of carbonyl (C=O) groups is 1. The summed E-state index contributed by atoms with van der Waals surface area (Å²) in [5.41, 5.74) is 0. The predicted octanol–water partition coefficient (Wildman–Crippen LogP) is 14.2. The number of aliphatic hydroxyl groups is 11. The fraction of sp³-hybridized carbons (Fsp3) is 0.713. The van der Waals surface area contributed by atoms with Crippen LogP contribution >= 0.6 is 0 Å². The Morgan fingerprint density at radius 3 is 1.06 bits per heavy atom. The molecule has 0 saturated carbocycles. The summed E-state index contributed by atoms with van der Waals surface area (Å²) in [6.07, 6.45) is 68.3. The summed E-state index contributed by atoms with van der Waals surface area (Å²) in [7, 11) is 0. The molecule has 19 nitrogen and oxygen atoms in total. The maximum atomic E-state index is 13.5. The van der Waals surface area contributed by atoms with Crippen molar-refractivity contribution in [1.82, 2.24) is 5.32 Å². The number of hydrogen-bond acceptors (Lipinski definition) is 18. The van der Waals surface area contributed by atoms with E-state index >= 15 is 0 Å². The molecule has 0 radical (unpaired) electrons. The third-order valence-electron chi connectivity index (χ3n) is 19.4. The summed E-state index contributed by atoms with van der Waals surface area (Å²) in [6.45, 7) is 1.59. The van der Waals surface area contributed by atoms with Crippen molar-refractivity contribution < 1.29 is 89.4 Å². The average Bonchev–Trinajstić information content (AvgIpc) is 0.779. The van der Waals surface area contributed by atoms with Crippen LogP contribution in [0.1, 0.15) is 264 Å². The number of carbonyl (C=O) groups excluding carboxylic acids is 1. The summed E-state index contributed by atoms with van der Waals surface area (Å²) in [4.78, 5) is 13.5. The fourth-order valence-corrected chi connectivity index (χ4v) is 12.8. The number of hydrogen-bond donors (Lipinski definition) is 12. The largest absolute Gasteiger partial charge is 0.394 e. The number of aliphatic hydroxyl groups excluding tert-OH is 11. The van der Waals surface area contributed by atoms with E-state index in [9.17, 15) is 61.0 Å². The second kappa shape index (κ2) is 65.4. The van der Waals surface area contributed by atoms with Gasteiger partial charge in [-0.05, 0) is 109 Å². The van der Waals surface area contributed by atoms with Crippen molar-refractivity contribution in [3.8, 4) is 0 Å². The Labute approximate surface area is 638 Å². The summed E-state index contributed by atoms with van der Waals surface area (Å²) >= 11 is 0. The lowest BCUT2D eigenvalue weighted by atomic mass is 9.96. The smallest absolute Gasteiger partial charge is 0.220 e. The second-order valence-corrected chi connectivity index (χ2v) is 28.5. The molecule has 0 aromatic rings. The first kappa shape index (κ1) is 95.9. The van der Waals surface area contributed by atoms with Crippen LogP contribution in [-0.2, 0) is 33.2 Å². The molecule has 3 aliphatic heterocycles. The topological polar surface area (TPSA) is 307 Å². The van der Waals surface area contributed by atoms with E-state index in [1.807, 2.05) is 6.08 Å². The molecule has 3 rings (SSSR count). The van der Waals surface area contributed by atoms with Gasteiger partial charge in [-0.25, -0.2) is 0 Å². The van der Waals surface area contributed by atoms with Gasteiger partial charge in [0, 0.05) is 6.42 Å². The minimum Gasteiger partial charge on any atom is -0.394 e. The summed E-state index contributed by atoms with van der Waals surface area (Å²) in [5, 5.41) is 121. The van der Waals surface area contributed by atoms with Crippen LogP contribution in [0, 0.1) is 0 Å². The van der Waals surface area contributed by atoms with Crippen LogP contribution in [0.2, 0.25) is 0 Å². The molecule has 3 heterocycles. The van der Waals surface area contributed by atoms with E-state index in [2.05, 4.69) is 153 Å². The molecule has 19 heteroatoms. The van der Waals surface area contributed by atoms with Crippen molar-refractivity contribution in [2.45, 2.75) is 369 Å². The van der Waals surface area contributed by atoms with Gasteiger partial charge in [-0.2, -0.15) is 0 Å². The molecule has 3 saturated heterocycles. The predicted molar refractivity (Wildman–Crippen MR) is 424 cm³/mol. The SMILES string of the molecule is CC/C=C\C/C=C\C/C=C\C/C=C\C/C=C\C/C=C\C/C=C\C/C=C\C/C=C\C/C=C\CCCCCCC(=O)NC(COC1OC(CO)C(OC2OC(CO)C(OC3OC(CO)C(O)C(O)C3O)C(O)C2O)C(O)C1O)C(O)/C=C/CC/C=C/CCCCCCCCCCCCCCCCCCCCCC. The molecule has 0 spiro atoms. The second-order valence-electron chi connectivity index (χ2n) is 28.5. The maximum Gasteiger partial charge on any atom is 0.220 e. The van der Waals surface area contributed by atoms with Crippen molar-refractivity contribution in [2.75, 3.05) is 26.4 Å². The van der Waals surface area contributed by atoms with Gasteiger partial charge in [-0.1, -0.05) is 295 Å². The maximum absolute atomic E-state index is 13.5. The highest BCUT2D eigenvalue weighted by Gasteiger charge is 2.54. The Bertz CT molecular complexity index is 2490. The lowest BCUT2D eigenvalue weighted by Gasteiger charge is -2.48. The van der Waals surface area contributed by atoms with E-state index in [-0.39, 0.29) is 18.9 Å². The van der Waals surface area contributed by atoms with Crippen LogP contribution in [0.15, 0.2) is 146 Å². The van der Waals surface area contributed by atoms with Gasteiger partial charge in [-0.15, -0.1) is 0 Å². The van der Waals surface area contributed by atoms with Crippen molar-refractivity contribution >= 4 is 5.91 Å². The number of unbranched alkanes of at least 4 members (excludes halogenated alkanes) is 25. The van der Waals surface area contributed by atoms with Crippen molar-refractivity contribution in [2.24, 2.45) is 0 Å². The molecule has 106 heavy (non-hydrogen) atoms. The molecule has 0 aromatic carbocycles. The Morgan fingerprint density at radius 2 is 0.660 bits per heavy atom. The van der Waals surface area contributed by atoms with Crippen LogP contribution in [-0.4, -0.2) is 193 Å². The molecular weight excluding hydrogens is 1350 g/mol. The normalized spacial score (nSPS) is 26.4. The van der Waals surface area contributed by atoms with E-state index in [0.717, 1.165) is 109 Å². The number of allylic oxidation sites excluding steroid dienone is 23. The van der Waals surface area contributed by atoms with Crippen LogP contribution in [0.3, 0.4) is 0 Å². The van der Waals surface area contributed by atoms with Crippen molar-refractivity contribution in [3.63, 3.8) is 0 Å². The van der Waals surface area contributed by atoms with Crippen molar-refractivity contribution in [1.29, 1.82) is 0 Å². The quantitative estimate of drug-likeness (QED) is 0.0199. The Balaban J connectivity index is 1.40. The van der Waals surface area contributed by atoms with Gasteiger partial charge < -0.3 is 89.9 Å². The molecule has 0 aromatic heterocycles. The lowest BCUT2D eigenvalue weighted by Crippen LogP contribution is -2.66. The Hall–Kier alpha value is -4.33. The third-order valence-corrected chi connectivity index (χ3v) is 19.4. The molecule has 1 amide bonds. The minimum atomic E-state index is -1.99. The Kier molecular flexibility index (Phi) is 59.1. The Morgan fingerprint density at radius 1 is 0.349 bits per heavy atom. The average molecular weight is 1490 g/mol. The molecule has 3 fully saturated rings. The number of nitrogens with one attached hydrogen (secondary N) is 1. The zero-order valence-electron chi connectivity index (χ0n) is 64.9. The molecule has 17 unspecified atom stereocenters. The highest BCUT2D eigenvalue weighted by atomic mass is 16.8. The number of amides is 1. The van der Waals surface area contributed by atoms with E-state index < -0.39 is 124 Å². The van der Waals surface area contributed by atoms with Gasteiger partial charge in [0.15, 0.2) is 18.9 Å². The molecular formula is C87H145NO18. The van der Waals surface area contributed by atoms with Crippen LogP contribution < -0.4 is 5.32 Å². The zero-order valence-corrected chi connectivity index (χ0v) is 64.9. The highest BCUT2D eigenvalue weighted by Crippen LogP contribution is 2.33. The van der Waals surface area contributed by atoms with Crippen LogP contribution in [0.25, 0.3) is 0 Å². The minimum absolute atomic E-state index is 0.196. The first-order valence-electron chi connectivity index (χ1n) is 41.1. The monoisotopic (exact) mass is 1490 g/mol. The molecule has 12 N–H and O–H groups in total. The summed E-state index contributed by atoms with van der Waals surface area (Å²) in [6, 6.07) is -1.02. The van der Waals surface area contributed by atoms with Gasteiger partial charge in [0.25, 0.3) is 0 Å². The van der Waals surface area contributed by atoms with E-state index in [0.29, 0.717) is 12.8 Å². The van der Waals surface area contributed by atoms with Gasteiger partial charge in [0.2, 0.25) is 5.91 Å². The first-order valence-corrected chi connectivity index (χ1v) is 41.1. The number of rotatable bonds is 63. The highest BCUT2D eigenvalue weighted by molar-refractivity contribution is 5.76. The summed E-state index contributed by atoms with van der Waals surface area (Å²) in [5.74, 6) is -0.314. The van der Waals surface area contributed by atoms with E-state index in [1.165, 1.54) is 122 Å². The zero-order chi connectivity index (χ0) is 76.7. The molecule has 3 aliphatic rings. The lowest BCUT2D eigenvalue weighted by molar-refractivity contribution is -0.379. The van der Waals surface area contributed by atoms with Gasteiger partial charge in [0.1, 0.15) is 73.2 Å². The third kappa shape index (κ3) is 44.5. The standard InChI is InChI=1S/C87H145NO18/c1-3-5-7-9-11-13-15-17-19-21-23-25-27-29-31-32-33-34-35-36-37-38-39-41-43-45-47-49-51-53-55-57-59-61-63-65-75(93)88-70(71(92)64-62-60-58-56-54-52-50-48-46-44-42-40-30-28-26-24-22-20-18-16-14-12-10-8-6-4-2)69-101-85-81(99)78(96)83(73(67-90)103-85)106-87-82(100)79(97)84(74(68-91)104-87)105-86-80(98)77(95)76(94)72(66-89)102-86/h5,7,11,13,17,19,23,25,29,31,33-34,36-37,39,41,45,47,51,53-54,56,62,64,70-74,76-87,89-92,94-100H,3-4,6,8-10,12,14-16,18,20-22,24,26-28,30,32,35,38,40,42-44,46,48-50,52,55,57-61,63,65-69H2,1-2H3,(H,88,93)/b7-5-,13-11-,19-17-,25-23-,31-29-,34-33-,37-36-,41-39-,47-45-,53-51-,56-54+,64-62+.